The van der Waals surface area contributed by atoms with Crippen LogP contribution in [0.15, 0.2) is 47.2 Å². The predicted octanol–water partition coefficient (Wildman–Crippen LogP) is 3.95. The van der Waals surface area contributed by atoms with Gasteiger partial charge in [-0.2, -0.15) is 4.98 Å². The standard InChI is InChI=1S/C26H32N4O3/c1-17(2)18-5-7-21(8-6-18)26(31,25(3)15-30(4)16-25)22-11-20(12-27-13-22)23-28-24(33-29-23)19-9-10-32-14-19/h5-8,11-13,17,19,31H,9-10,14-16H2,1-4H3/t19?,26-/m0/s1. The summed E-state index contributed by atoms with van der Waals surface area (Å²) in [5.41, 5.74) is 2.03. The Balaban J connectivity index is 1.55. The molecule has 0 bridgehead atoms. The molecule has 1 aromatic carbocycles. The number of likely N-dealkylation sites (tertiary alicyclic amines) is 1. The van der Waals surface area contributed by atoms with E-state index in [-0.39, 0.29) is 11.3 Å². The minimum Gasteiger partial charge on any atom is -0.381 e. The van der Waals surface area contributed by atoms with Gasteiger partial charge in [0.25, 0.3) is 0 Å². The summed E-state index contributed by atoms with van der Waals surface area (Å²) in [6.45, 7) is 9.39. The second-order valence-electron chi connectivity index (χ2n) is 10.2. The Bertz CT molecular complexity index is 1110. The Kier molecular flexibility index (Phi) is 5.59. The number of benzene rings is 1. The van der Waals surface area contributed by atoms with Gasteiger partial charge in [0.15, 0.2) is 0 Å². The normalized spacial score (nSPS) is 22.3. The molecule has 0 aliphatic carbocycles. The lowest BCUT2D eigenvalue weighted by Gasteiger charge is -2.55. The molecular formula is C26H32N4O3. The lowest BCUT2D eigenvalue weighted by molar-refractivity contribution is -0.127. The van der Waals surface area contributed by atoms with E-state index in [1.54, 1.807) is 12.4 Å². The Morgan fingerprint density at radius 3 is 2.55 bits per heavy atom. The average molecular weight is 449 g/mol. The molecule has 7 nitrogen and oxygen atoms in total. The highest BCUT2D eigenvalue weighted by Gasteiger charge is 2.55. The molecule has 1 unspecified atom stereocenters. The molecule has 2 aliphatic heterocycles. The molecule has 1 N–H and O–H groups in total. The highest BCUT2D eigenvalue weighted by atomic mass is 16.5. The minimum atomic E-state index is -1.20. The summed E-state index contributed by atoms with van der Waals surface area (Å²) in [5.74, 6) is 1.66. The van der Waals surface area contributed by atoms with Crippen molar-refractivity contribution in [3.63, 3.8) is 0 Å². The molecule has 7 heteroatoms. The van der Waals surface area contributed by atoms with Crippen molar-refractivity contribution in [3.8, 4) is 11.4 Å². The first-order valence-corrected chi connectivity index (χ1v) is 11.7. The van der Waals surface area contributed by atoms with Crippen LogP contribution < -0.4 is 0 Å². The zero-order valence-corrected chi connectivity index (χ0v) is 19.8. The van der Waals surface area contributed by atoms with Gasteiger partial charge in [0.1, 0.15) is 5.60 Å². The van der Waals surface area contributed by atoms with E-state index in [2.05, 4.69) is 72.1 Å². The quantitative estimate of drug-likeness (QED) is 0.611. The van der Waals surface area contributed by atoms with E-state index in [1.807, 2.05) is 6.07 Å². The Morgan fingerprint density at radius 1 is 1.15 bits per heavy atom. The third-order valence-corrected chi connectivity index (χ3v) is 7.24. The number of aliphatic hydroxyl groups is 1. The summed E-state index contributed by atoms with van der Waals surface area (Å²) in [6.07, 6.45) is 4.37. The number of nitrogens with zero attached hydrogens (tertiary/aromatic N) is 4. The van der Waals surface area contributed by atoms with Crippen LogP contribution in [0.2, 0.25) is 0 Å². The molecule has 2 aliphatic rings. The van der Waals surface area contributed by atoms with Crippen LogP contribution in [0.1, 0.15) is 61.6 Å². The molecule has 2 saturated heterocycles. The fourth-order valence-corrected chi connectivity index (χ4v) is 5.35. The van der Waals surface area contributed by atoms with Crippen molar-refractivity contribution >= 4 is 0 Å². The molecule has 3 aromatic rings. The van der Waals surface area contributed by atoms with E-state index in [0.29, 0.717) is 24.2 Å². The van der Waals surface area contributed by atoms with Crippen LogP contribution in [0.4, 0.5) is 0 Å². The van der Waals surface area contributed by atoms with Crippen LogP contribution in [0.5, 0.6) is 0 Å². The highest BCUT2D eigenvalue weighted by molar-refractivity contribution is 5.56. The van der Waals surface area contributed by atoms with Crippen molar-refractivity contribution in [2.45, 2.75) is 44.6 Å². The lowest BCUT2D eigenvalue weighted by atomic mass is 9.62. The maximum absolute atomic E-state index is 12.4. The van der Waals surface area contributed by atoms with E-state index < -0.39 is 5.60 Å². The fourth-order valence-electron chi connectivity index (χ4n) is 5.35. The molecule has 4 heterocycles. The van der Waals surface area contributed by atoms with Gasteiger partial charge in [-0.25, -0.2) is 0 Å². The number of aromatic nitrogens is 3. The first-order valence-electron chi connectivity index (χ1n) is 11.7. The van der Waals surface area contributed by atoms with Crippen LogP contribution >= 0.6 is 0 Å². The summed E-state index contributed by atoms with van der Waals surface area (Å²) in [5, 5.41) is 16.6. The molecule has 0 spiro atoms. The van der Waals surface area contributed by atoms with Gasteiger partial charge < -0.3 is 19.3 Å². The zero-order valence-electron chi connectivity index (χ0n) is 19.8. The summed E-state index contributed by atoms with van der Waals surface area (Å²) in [4.78, 5) is 11.3. The lowest BCUT2D eigenvalue weighted by Crippen LogP contribution is -2.63. The number of rotatable bonds is 6. The van der Waals surface area contributed by atoms with Crippen molar-refractivity contribution in [3.05, 3.63) is 65.3 Å². The van der Waals surface area contributed by atoms with Crippen molar-refractivity contribution in [1.82, 2.24) is 20.0 Å². The first-order chi connectivity index (χ1) is 15.8. The molecular weight excluding hydrogens is 416 g/mol. The molecule has 2 aromatic heterocycles. The number of hydrogen-bond acceptors (Lipinski definition) is 7. The molecule has 2 atom stereocenters. The van der Waals surface area contributed by atoms with Crippen LogP contribution in [0, 0.1) is 5.41 Å². The highest BCUT2D eigenvalue weighted by Crippen LogP contribution is 2.50. The zero-order chi connectivity index (χ0) is 23.2. The molecule has 0 saturated carbocycles. The number of pyridine rings is 1. The Labute approximate surface area is 194 Å². The van der Waals surface area contributed by atoms with Crippen molar-refractivity contribution in [1.29, 1.82) is 0 Å². The van der Waals surface area contributed by atoms with Crippen LogP contribution in [0.3, 0.4) is 0 Å². The summed E-state index contributed by atoms with van der Waals surface area (Å²) in [7, 11) is 2.08. The SMILES string of the molecule is CC(C)c1ccc([C@](O)(c2cncc(-c3noc(C4CCOC4)n3)c2)C2(C)CN(C)C2)cc1. The average Bonchev–Trinajstić information content (AvgIpc) is 3.50. The van der Waals surface area contributed by atoms with Crippen LogP contribution in [-0.4, -0.2) is 58.5 Å². The molecule has 5 rings (SSSR count). The van der Waals surface area contributed by atoms with Gasteiger partial charge in [-0.1, -0.05) is 50.2 Å². The van der Waals surface area contributed by atoms with Crippen LogP contribution in [-0.2, 0) is 10.3 Å². The molecule has 0 amide bonds. The fraction of sp³-hybridized carbons (Fsp3) is 0.500. The minimum absolute atomic E-state index is 0.142. The molecule has 0 radical (unpaired) electrons. The van der Waals surface area contributed by atoms with Gasteiger partial charge in [0, 0.05) is 48.6 Å². The van der Waals surface area contributed by atoms with E-state index in [4.69, 9.17) is 9.26 Å². The van der Waals surface area contributed by atoms with Crippen molar-refractivity contribution < 1.29 is 14.4 Å². The number of ether oxygens (including phenoxy) is 1. The Hall–Kier alpha value is -2.61. The van der Waals surface area contributed by atoms with Crippen LogP contribution in [0.25, 0.3) is 11.4 Å². The summed E-state index contributed by atoms with van der Waals surface area (Å²) >= 11 is 0. The van der Waals surface area contributed by atoms with E-state index in [9.17, 15) is 5.11 Å². The smallest absolute Gasteiger partial charge is 0.232 e. The van der Waals surface area contributed by atoms with E-state index in [1.165, 1.54) is 5.56 Å². The Morgan fingerprint density at radius 2 is 1.91 bits per heavy atom. The maximum atomic E-state index is 12.4. The third-order valence-electron chi connectivity index (χ3n) is 7.24. The van der Waals surface area contributed by atoms with Gasteiger partial charge in [-0.3, -0.25) is 4.98 Å². The largest absolute Gasteiger partial charge is 0.381 e. The predicted molar refractivity (Wildman–Crippen MR) is 125 cm³/mol. The van der Waals surface area contributed by atoms with Gasteiger partial charge >= 0.3 is 0 Å². The van der Waals surface area contributed by atoms with Gasteiger partial charge in [-0.15, -0.1) is 0 Å². The summed E-state index contributed by atoms with van der Waals surface area (Å²) < 4.78 is 11.0. The second-order valence-corrected chi connectivity index (χ2v) is 10.2. The van der Waals surface area contributed by atoms with Gasteiger partial charge in [0.2, 0.25) is 11.7 Å². The maximum Gasteiger partial charge on any atom is 0.232 e. The monoisotopic (exact) mass is 448 g/mol. The van der Waals surface area contributed by atoms with Crippen molar-refractivity contribution in [2.24, 2.45) is 5.41 Å². The number of hydrogen-bond donors (Lipinski definition) is 1. The third kappa shape index (κ3) is 3.78. The van der Waals surface area contributed by atoms with Crippen molar-refractivity contribution in [2.75, 3.05) is 33.4 Å². The van der Waals surface area contributed by atoms with Gasteiger partial charge in [-0.05, 0) is 36.6 Å². The second kappa shape index (κ2) is 8.31. The summed E-state index contributed by atoms with van der Waals surface area (Å²) in [6, 6.07) is 10.3. The first kappa shape index (κ1) is 22.2. The van der Waals surface area contributed by atoms with E-state index in [0.717, 1.165) is 42.8 Å². The molecule has 174 valence electrons. The van der Waals surface area contributed by atoms with E-state index >= 15 is 0 Å². The molecule has 2 fully saturated rings. The van der Waals surface area contributed by atoms with Gasteiger partial charge in [0.05, 0.1) is 12.5 Å². The molecule has 33 heavy (non-hydrogen) atoms. The topological polar surface area (TPSA) is 84.5 Å².